The molecule has 0 saturated heterocycles. The quantitative estimate of drug-likeness (QED) is 0.868. The van der Waals surface area contributed by atoms with E-state index >= 15 is 0 Å². The third kappa shape index (κ3) is 3.76. The molecular weight excluding hydrogens is 240 g/mol. The van der Waals surface area contributed by atoms with Crippen molar-refractivity contribution in [2.45, 2.75) is 19.5 Å². The van der Waals surface area contributed by atoms with Crippen LogP contribution >= 0.6 is 0 Å². The fourth-order valence-corrected chi connectivity index (χ4v) is 1.81. The summed E-state index contributed by atoms with van der Waals surface area (Å²) >= 11 is 0. The zero-order valence-electron chi connectivity index (χ0n) is 11.4. The number of ether oxygens (including phenoxy) is 2. The van der Waals surface area contributed by atoms with Crippen molar-refractivity contribution in [2.75, 3.05) is 13.7 Å². The van der Waals surface area contributed by atoms with E-state index in [2.05, 4.69) is 10.8 Å². The van der Waals surface area contributed by atoms with Crippen LogP contribution in [0.5, 0.6) is 11.5 Å². The predicted octanol–water partition coefficient (Wildman–Crippen LogP) is 2.60. The van der Waals surface area contributed by atoms with Gasteiger partial charge in [0.05, 0.1) is 13.7 Å². The van der Waals surface area contributed by atoms with Crippen LogP contribution < -0.4 is 15.2 Å². The van der Waals surface area contributed by atoms with Crippen LogP contribution in [0, 0.1) is 0 Å². The van der Waals surface area contributed by atoms with E-state index < -0.39 is 0 Å². The van der Waals surface area contributed by atoms with Gasteiger partial charge in [-0.25, -0.2) is 0 Å². The predicted molar refractivity (Wildman–Crippen MR) is 75.5 cm³/mol. The molecule has 0 aliphatic carbocycles. The van der Waals surface area contributed by atoms with E-state index in [1.807, 2.05) is 43.5 Å². The minimum Gasteiger partial charge on any atom is -0.497 e. The van der Waals surface area contributed by atoms with Crippen molar-refractivity contribution in [1.82, 2.24) is 4.57 Å². The Morgan fingerprint density at radius 2 is 1.84 bits per heavy atom. The van der Waals surface area contributed by atoms with Crippen LogP contribution in [0.4, 0.5) is 0 Å². The van der Waals surface area contributed by atoms with Crippen molar-refractivity contribution in [3.63, 3.8) is 0 Å². The fourth-order valence-electron chi connectivity index (χ4n) is 1.81. The molecule has 0 aliphatic rings. The van der Waals surface area contributed by atoms with Gasteiger partial charge in [-0.2, -0.15) is 0 Å². The van der Waals surface area contributed by atoms with Gasteiger partial charge in [-0.3, -0.25) is 0 Å². The maximum absolute atomic E-state index is 5.82. The molecule has 1 aromatic heterocycles. The summed E-state index contributed by atoms with van der Waals surface area (Å²) in [7, 11) is 1.65. The largest absolute Gasteiger partial charge is 0.497 e. The number of benzene rings is 1. The Hall–Kier alpha value is -1.94. The molecule has 0 saturated carbocycles. The topological polar surface area (TPSA) is 49.4 Å². The van der Waals surface area contributed by atoms with Gasteiger partial charge in [0.1, 0.15) is 18.1 Å². The molecule has 0 bridgehead atoms. The summed E-state index contributed by atoms with van der Waals surface area (Å²) < 4.78 is 12.9. The number of methoxy groups -OCH3 is 1. The highest BCUT2D eigenvalue weighted by Gasteiger charge is 2.01. The molecular formula is C15H20N2O2. The number of hydrogen-bond acceptors (Lipinski definition) is 3. The lowest BCUT2D eigenvalue weighted by atomic mass is 10.2. The summed E-state index contributed by atoms with van der Waals surface area (Å²) in [6, 6.07) is 9.70. The van der Waals surface area contributed by atoms with Crippen molar-refractivity contribution < 1.29 is 9.47 Å². The molecule has 0 aliphatic heterocycles. The second-order valence-electron chi connectivity index (χ2n) is 4.50. The molecule has 0 fully saturated rings. The molecule has 19 heavy (non-hydrogen) atoms. The molecule has 4 nitrogen and oxygen atoms in total. The second kappa shape index (κ2) is 6.29. The lowest BCUT2D eigenvalue weighted by Crippen LogP contribution is -2.07. The van der Waals surface area contributed by atoms with Crippen molar-refractivity contribution in [1.29, 1.82) is 0 Å². The average Bonchev–Trinajstić information content (AvgIpc) is 2.89. The lowest BCUT2D eigenvalue weighted by Gasteiger charge is -2.08. The summed E-state index contributed by atoms with van der Waals surface area (Å²) in [6.45, 7) is 3.41. The van der Waals surface area contributed by atoms with E-state index in [-0.39, 0.29) is 6.04 Å². The van der Waals surface area contributed by atoms with Crippen molar-refractivity contribution in [2.24, 2.45) is 5.73 Å². The minimum absolute atomic E-state index is 0.0729. The summed E-state index contributed by atoms with van der Waals surface area (Å²) in [6.07, 6.45) is 4.08. The molecule has 1 aromatic carbocycles. The Balaban J connectivity index is 1.81. The Morgan fingerprint density at radius 1 is 1.16 bits per heavy atom. The Kier molecular flexibility index (Phi) is 4.47. The molecule has 4 heteroatoms. The van der Waals surface area contributed by atoms with Gasteiger partial charge in [-0.1, -0.05) is 0 Å². The molecule has 102 valence electrons. The SMILES string of the molecule is COc1ccc(OCCn2ccc(C(C)N)c2)cc1. The van der Waals surface area contributed by atoms with E-state index in [0.717, 1.165) is 23.6 Å². The van der Waals surface area contributed by atoms with Gasteiger partial charge in [-0.15, -0.1) is 0 Å². The smallest absolute Gasteiger partial charge is 0.119 e. The highest BCUT2D eigenvalue weighted by molar-refractivity contribution is 5.31. The van der Waals surface area contributed by atoms with E-state index in [1.54, 1.807) is 7.11 Å². The summed E-state index contributed by atoms with van der Waals surface area (Å²) in [5, 5.41) is 0. The fraction of sp³-hybridized carbons (Fsp3) is 0.333. The van der Waals surface area contributed by atoms with Crippen LogP contribution in [0.2, 0.25) is 0 Å². The highest BCUT2D eigenvalue weighted by atomic mass is 16.5. The summed E-state index contributed by atoms with van der Waals surface area (Å²) in [5.41, 5.74) is 6.96. The van der Waals surface area contributed by atoms with E-state index in [0.29, 0.717) is 6.61 Å². The first-order valence-electron chi connectivity index (χ1n) is 6.37. The first kappa shape index (κ1) is 13.5. The van der Waals surface area contributed by atoms with Gasteiger partial charge in [0.15, 0.2) is 0 Å². The Morgan fingerprint density at radius 3 is 2.42 bits per heavy atom. The maximum Gasteiger partial charge on any atom is 0.119 e. The molecule has 0 amide bonds. The standard InChI is InChI=1S/C15H20N2O2/c1-12(16)13-7-8-17(11-13)9-10-19-15-5-3-14(18-2)4-6-15/h3-8,11-12H,9-10,16H2,1-2H3. The third-order valence-corrected chi connectivity index (χ3v) is 2.98. The van der Waals surface area contributed by atoms with Crippen LogP contribution in [0.15, 0.2) is 42.7 Å². The van der Waals surface area contributed by atoms with Crippen LogP contribution in [0.1, 0.15) is 18.5 Å². The van der Waals surface area contributed by atoms with Crippen LogP contribution in [-0.2, 0) is 6.54 Å². The zero-order valence-corrected chi connectivity index (χ0v) is 11.4. The van der Waals surface area contributed by atoms with E-state index in [1.165, 1.54) is 0 Å². The number of nitrogens with zero attached hydrogens (tertiary/aromatic N) is 1. The molecule has 0 radical (unpaired) electrons. The van der Waals surface area contributed by atoms with E-state index in [9.17, 15) is 0 Å². The zero-order chi connectivity index (χ0) is 13.7. The van der Waals surface area contributed by atoms with Gasteiger partial charge in [-0.05, 0) is 42.8 Å². The van der Waals surface area contributed by atoms with Crippen LogP contribution in [0.3, 0.4) is 0 Å². The number of nitrogens with two attached hydrogens (primary N) is 1. The number of rotatable bonds is 6. The number of aromatic nitrogens is 1. The molecule has 2 aromatic rings. The van der Waals surface area contributed by atoms with E-state index in [4.69, 9.17) is 15.2 Å². The van der Waals surface area contributed by atoms with Gasteiger partial charge >= 0.3 is 0 Å². The molecule has 2 rings (SSSR count). The van der Waals surface area contributed by atoms with Gasteiger partial charge in [0.2, 0.25) is 0 Å². The maximum atomic E-state index is 5.82. The van der Waals surface area contributed by atoms with Crippen molar-refractivity contribution >= 4 is 0 Å². The van der Waals surface area contributed by atoms with Crippen LogP contribution in [-0.4, -0.2) is 18.3 Å². The average molecular weight is 260 g/mol. The normalized spacial score (nSPS) is 12.2. The first-order chi connectivity index (χ1) is 9.19. The molecule has 1 atom stereocenters. The molecule has 2 N–H and O–H groups in total. The third-order valence-electron chi connectivity index (χ3n) is 2.98. The minimum atomic E-state index is 0.0729. The molecule has 1 heterocycles. The molecule has 1 unspecified atom stereocenters. The summed E-state index contributed by atoms with van der Waals surface area (Å²) in [5.74, 6) is 1.68. The monoisotopic (exact) mass is 260 g/mol. The van der Waals surface area contributed by atoms with Crippen LogP contribution in [0.25, 0.3) is 0 Å². The first-order valence-corrected chi connectivity index (χ1v) is 6.37. The van der Waals surface area contributed by atoms with Gasteiger partial charge in [0.25, 0.3) is 0 Å². The van der Waals surface area contributed by atoms with Crippen molar-refractivity contribution in [3.05, 3.63) is 48.3 Å². The Bertz CT molecular complexity index is 503. The summed E-state index contributed by atoms with van der Waals surface area (Å²) in [4.78, 5) is 0. The highest BCUT2D eigenvalue weighted by Crippen LogP contribution is 2.17. The van der Waals surface area contributed by atoms with Gasteiger partial charge < -0.3 is 19.8 Å². The Labute approximate surface area is 113 Å². The van der Waals surface area contributed by atoms with Gasteiger partial charge in [0, 0.05) is 18.4 Å². The molecule has 0 spiro atoms. The number of hydrogen-bond donors (Lipinski definition) is 1. The second-order valence-corrected chi connectivity index (χ2v) is 4.50. The van der Waals surface area contributed by atoms with Crippen molar-refractivity contribution in [3.8, 4) is 11.5 Å². The lowest BCUT2D eigenvalue weighted by molar-refractivity contribution is 0.298.